The molecule has 6 nitrogen and oxygen atoms in total. The van der Waals surface area contributed by atoms with Crippen molar-refractivity contribution >= 4 is 28.1 Å². The van der Waals surface area contributed by atoms with Crippen LogP contribution < -0.4 is 19.9 Å². The molecule has 0 unspecified atom stereocenters. The topological polar surface area (TPSA) is 57.7 Å². The lowest BCUT2D eigenvalue weighted by Gasteiger charge is -2.35. The molecule has 2 heterocycles. The van der Waals surface area contributed by atoms with E-state index in [-0.39, 0.29) is 5.91 Å². The minimum absolute atomic E-state index is 0.144. The third-order valence-electron chi connectivity index (χ3n) is 5.08. The summed E-state index contributed by atoms with van der Waals surface area (Å²) in [6.07, 6.45) is 0. The fourth-order valence-electron chi connectivity index (χ4n) is 3.45. The number of aromatic nitrogens is 1. The van der Waals surface area contributed by atoms with E-state index in [0.717, 1.165) is 42.6 Å². The molecule has 1 amide bonds. The number of carbonyl (C=O) groups is 1. The maximum absolute atomic E-state index is 12.5. The number of anilines is 2. The number of carbonyl (C=O) groups excluding carboxylic acids is 1. The summed E-state index contributed by atoms with van der Waals surface area (Å²) in [6.45, 7) is 6.76. The van der Waals surface area contributed by atoms with E-state index < -0.39 is 0 Å². The zero-order valence-electron chi connectivity index (χ0n) is 17.1. The molecule has 2 aromatic carbocycles. The number of para-hydroxylation sites is 1. The summed E-state index contributed by atoms with van der Waals surface area (Å²) < 4.78 is 5.44. The van der Waals surface area contributed by atoms with Gasteiger partial charge in [-0.25, -0.2) is 4.98 Å². The molecule has 0 radical (unpaired) electrons. The van der Waals surface area contributed by atoms with Crippen molar-refractivity contribution in [1.29, 1.82) is 0 Å². The molecule has 1 fully saturated rings. The molecule has 1 aliphatic rings. The molecule has 156 valence electrons. The van der Waals surface area contributed by atoms with Gasteiger partial charge in [0.15, 0.2) is 5.13 Å². The highest BCUT2D eigenvalue weighted by atomic mass is 32.1. The van der Waals surface area contributed by atoms with Crippen LogP contribution in [0.4, 0.5) is 10.8 Å². The van der Waals surface area contributed by atoms with Gasteiger partial charge in [-0.05, 0) is 36.8 Å². The van der Waals surface area contributed by atoms with E-state index in [1.54, 1.807) is 0 Å². The van der Waals surface area contributed by atoms with E-state index >= 15 is 0 Å². The Bertz CT molecular complexity index is 951. The average molecular weight is 423 g/mol. The molecule has 30 heavy (non-hydrogen) atoms. The molecule has 1 aliphatic heterocycles. The van der Waals surface area contributed by atoms with Crippen LogP contribution in [0.2, 0.25) is 0 Å². The number of benzene rings is 2. The minimum atomic E-state index is -0.144. The lowest BCUT2D eigenvalue weighted by molar-refractivity contribution is 0.0946. The first-order valence-electron chi connectivity index (χ1n) is 10.2. The lowest BCUT2D eigenvalue weighted by atomic mass is 10.2. The van der Waals surface area contributed by atoms with E-state index in [0.29, 0.717) is 18.8 Å². The monoisotopic (exact) mass is 422 g/mol. The van der Waals surface area contributed by atoms with Crippen LogP contribution in [-0.2, 0) is 6.54 Å². The van der Waals surface area contributed by atoms with E-state index in [1.165, 1.54) is 17.0 Å². The highest BCUT2D eigenvalue weighted by molar-refractivity contribution is 7.13. The normalized spacial score (nSPS) is 13.9. The molecule has 1 saturated heterocycles. The summed E-state index contributed by atoms with van der Waals surface area (Å²) in [5, 5.41) is 5.70. The number of piperazine rings is 1. The number of amides is 1. The molecule has 0 aliphatic carbocycles. The second-order valence-corrected chi connectivity index (χ2v) is 7.92. The second kappa shape index (κ2) is 9.63. The van der Waals surface area contributed by atoms with Crippen molar-refractivity contribution in [3.63, 3.8) is 0 Å². The van der Waals surface area contributed by atoms with Crippen molar-refractivity contribution in [2.75, 3.05) is 42.6 Å². The molecular weight excluding hydrogens is 396 g/mol. The third kappa shape index (κ3) is 4.91. The Morgan fingerprint density at radius 3 is 2.43 bits per heavy atom. The quantitative estimate of drug-likeness (QED) is 0.628. The van der Waals surface area contributed by atoms with Gasteiger partial charge in [-0.3, -0.25) is 4.79 Å². The summed E-state index contributed by atoms with van der Waals surface area (Å²) >= 11 is 1.53. The number of hydrogen-bond donors (Lipinski definition) is 1. The Kier molecular flexibility index (Phi) is 6.49. The van der Waals surface area contributed by atoms with E-state index in [1.807, 2.05) is 42.6 Å². The Balaban J connectivity index is 1.29. The number of thiazole rings is 1. The standard InChI is InChI=1S/C23H26N4O2S/c1-2-29-20-10-8-18(9-11-20)16-24-22(28)21-17-30-23(25-21)27-14-12-26(13-15-27)19-6-4-3-5-7-19/h3-11,17H,2,12-16H2,1H3,(H,24,28). The zero-order valence-corrected chi connectivity index (χ0v) is 17.9. The van der Waals surface area contributed by atoms with Gasteiger partial charge in [0.2, 0.25) is 0 Å². The highest BCUT2D eigenvalue weighted by Crippen LogP contribution is 2.24. The van der Waals surface area contributed by atoms with Crippen LogP contribution in [-0.4, -0.2) is 43.7 Å². The van der Waals surface area contributed by atoms with Crippen LogP contribution in [0.25, 0.3) is 0 Å². The van der Waals surface area contributed by atoms with Gasteiger partial charge in [0.05, 0.1) is 6.61 Å². The fourth-order valence-corrected chi connectivity index (χ4v) is 4.31. The van der Waals surface area contributed by atoms with Gasteiger partial charge in [-0.1, -0.05) is 30.3 Å². The number of ether oxygens (including phenoxy) is 1. The number of rotatable bonds is 7. The van der Waals surface area contributed by atoms with Crippen molar-refractivity contribution in [3.8, 4) is 5.75 Å². The van der Waals surface area contributed by atoms with Gasteiger partial charge in [0.25, 0.3) is 5.91 Å². The molecule has 7 heteroatoms. The molecule has 0 atom stereocenters. The molecular formula is C23H26N4O2S. The fraction of sp³-hybridized carbons (Fsp3) is 0.304. The predicted octanol–water partition coefficient (Wildman–Crippen LogP) is 3.80. The summed E-state index contributed by atoms with van der Waals surface area (Å²) in [4.78, 5) is 21.7. The molecule has 0 spiro atoms. The number of hydrogen-bond acceptors (Lipinski definition) is 6. The van der Waals surface area contributed by atoms with Crippen LogP contribution in [0.3, 0.4) is 0 Å². The third-order valence-corrected chi connectivity index (χ3v) is 5.99. The van der Waals surface area contributed by atoms with Crippen LogP contribution in [0, 0.1) is 0 Å². The van der Waals surface area contributed by atoms with Gasteiger partial charge in [-0.2, -0.15) is 0 Å². The van der Waals surface area contributed by atoms with Crippen LogP contribution in [0.5, 0.6) is 5.75 Å². The van der Waals surface area contributed by atoms with Gasteiger partial charge < -0.3 is 19.9 Å². The summed E-state index contributed by atoms with van der Waals surface area (Å²) in [5.74, 6) is 0.693. The van der Waals surface area contributed by atoms with Crippen LogP contribution in [0.1, 0.15) is 23.0 Å². The van der Waals surface area contributed by atoms with Crippen LogP contribution in [0.15, 0.2) is 60.0 Å². The highest BCUT2D eigenvalue weighted by Gasteiger charge is 2.21. The molecule has 4 rings (SSSR count). The Morgan fingerprint density at radius 1 is 1.03 bits per heavy atom. The van der Waals surface area contributed by atoms with Crippen molar-refractivity contribution < 1.29 is 9.53 Å². The summed E-state index contributed by atoms with van der Waals surface area (Å²) in [6, 6.07) is 18.2. The Hall–Kier alpha value is -3.06. The van der Waals surface area contributed by atoms with Crippen molar-refractivity contribution in [3.05, 3.63) is 71.2 Å². The molecule has 0 saturated carbocycles. The van der Waals surface area contributed by atoms with Gasteiger partial charge in [0, 0.05) is 43.8 Å². The summed E-state index contributed by atoms with van der Waals surface area (Å²) in [7, 11) is 0. The first-order chi connectivity index (χ1) is 14.7. The Morgan fingerprint density at radius 2 is 1.73 bits per heavy atom. The van der Waals surface area contributed by atoms with Crippen molar-refractivity contribution in [1.82, 2.24) is 10.3 Å². The maximum atomic E-state index is 12.5. The van der Waals surface area contributed by atoms with Gasteiger partial charge in [0.1, 0.15) is 11.4 Å². The maximum Gasteiger partial charge on any atom is 0.271 e. The first-order valence-corrected chi connectivity index (χ1v) is 11.1. The molecule has 3 aromatic rings. The molecule has 1 N–H and O–H groups in total. The number of nitrogens with zero attached hydrogens (tertiary/aromatic N) is 3. The van der Waals surface area contributed by atoms with E-state index in [9.17, 15) is 4.79 Å². The molecule has 0 bridgehead atoms. The lowest BCUT2D eigenvalue weighted by Crippen LogP contribution is -2.46. The first kappa shape index (κ1) is 20.2. The van der Waals surface area contributed by atoms with Gasteiger partial charge >= 0.3 is 0 Å². The summed E-state index contributed by atoms with van der Waals surface area (Å²) in [5.41, 5.74) is 2.76. The van der Waals surface area contributed by atoms with Crippen molar-refractivity contribution in [2.45, 2.75) is 13.5 Å². The zero-order chi connectivity index (χ0) is 20.8. The SMILES string of the molecule is CCOc1ccc(CNC(=O)c2csc(N3CCN(c4ccccc4)CC3)n2)cc1. The minimum Gasteiger partial charge on any atom is -0.494 e. The molecule has 1 aromatic heterocycles. The van der Waals surface area contributed by atoms with Crippen LogP contribution >= 0.6 is 11.3 Å². The van der Waals surface area contributed by atoms with Gasteiger partial charge in [-0.15, -0.1) is 11.3 Å². The average Bonchev–Trinajstić information content (AvgIpc) is 3.30. The number of nitrogens with one attached hydrogen (secondary N) is 1. The Labute approximate surface area is 181 Å². The second-order valence-electron chi connectivity index (χ2n) is 7.08. The van der Waals surface area contributed by atoms with E-state index in [2.05, 4.69) is 44.4 Å². The van der Waals surface area contributed by atoms with Crippen molar-refractivity contribution in [2.24, 2.45) is 0 Å². The predicted molar refractivity (Wildman–Crippen MR) is 122 cm³/mol. The largest absolute Gasteiger partial charge is 0.494 e. The van der Waals surface area contributed by atoms with E-state index in [4.69, 9.17) is 4.74 Å². The smallest absolute Gasteiger partial charge is 0.271 e.